The van der Waals surface area contributed by atoms with Crippen molar-refractivity contribution < 1.29 is 29.2 Å². The fourth-order valence-corrected chi connectivity index (χ4v) is 4.17. The molecular formula is C19H20N2O6S. The van der Waals surface area contributed by atoms with Gasteiger partial charge < -0.3 is 19.7 Å². The van der Waals surface area contributed by atoms with Crippen molar-refractivity contribution in [3.63, 3.8) is 0 Å². The van der Waals surface area contributed by atoms with E-state index in [1.165, 1.54) is 24.7 Å². The molecule has 0 spiro atoms. The van der Waals surface area contributed by atoms with Crippen LogP contribution in [0.2, 0.25) is 0 Å². The van der Waals surface area contributed by atoms with Crippen molar-refractivity contribution in [3.8, 4) is 23.7 Å². The predicted octanol–water partition coefficient (Wildman–Crippen LogP) is -0.825. The molecule has 0 saturated carbocycles. The van der Waals surface area contributed by atoms with Crippen molar-refractivity contribution in [1.29, 1.82) is 0 Å². The van der Waals surface area contributed by atoms with E-state index in [1.807, 2.05) is 0 Å². The molecule has 8 nitrogen and oxygen atoms in total. The Bertz CT molecular complexity index is 828. The molecule has 4 N–H and O–H groups in total. The second kappa shape index (κ2) is 10.1. The average molecular weight is 404 g/mol. The van der Waals surface area contributed by atoms with Gasteiger partial charge in [-0.15, -0.1) is 0 Å². The summed E-state index contributed by atoms with van der Waals surface area (Å²) in [6.07, 6.45) is 0.354. The Morgan fingerprint density at radius 3 is 2.54 bits per heavy atom. The first-order chi connectivity index (χ1) is 13.5. The summed E-state index contributed by atoms with van der Waals surface area (Å²) >= 11 is -1.15. The van der Waals surface area contributed by atoms with E-state index in [9.17, 15) is 14.1 Å². The quantitative estimate of drug-likeness (QED) is 0.212. The van der Waals surface area contributed by atoms with E-state index in [-0.39, 0.29) is 23.7 Å². The van der Waals surface area contributed by atoms with Crippen LogP contribution >= 0.6 is 0 Å². The molecule has 1 aromatic rings. The first-order valence-corrected chi connectivity index (χ1v) is 9.79. The number of carbonyl (C=O) groups excluding carboxylic acids is 2. The number of rotatable bonds is 6. The van der Waals surface area contributed by atoms with Gasteiger partial charge in [-0.05, 0) is 47.3 Å². The van der Waals surface area contributed by atoms with Gasteiger partial charge in [-0.2, -0.15) is 0 Å². The summed E-state index contributed by atoms with van der Waals surface area (Å²) in [6.45, 7) is -0.0198. The highest BCUT2D eigenvalue weighted by Gasteiger charge is 2.58. The molecule has 2 amide bonds. The zero-order chi connectivity index (χ0) is 20.6. The second-order valence-corrected chi connectivity index (χ2v) is 7.44. The van der Waals surface area contributed by atoms with Gasteiger partial charge in [0, 0.05) is 24.7 Å². The van der Waals surface area contributed by atoms with E-state index < -0.39 is 34.6 Å². The van der Waals surface area contributed by atoms with Crippen LogP contribution in [0.3, 0.4) is 0 Å². The number of benzene rings is 1. The summed E-state index contributed by atoms with van der Waals surface area (Å²) in [7, 11) is 1.36. The smallest absolute Gasteiger partial charge is 0.269 e. The molecular weight excluding hydrogens is 384 g/mol. The van der Waals surface area contributed by atoms with E-state index >= 15 is 0 Å². The minimum atomic E-state index is -1.20. The number of hydroxylamine groups is 1. The Morgan fingerprint density at radius 1 is 1.32 bits per heavy atom. The van der Waals surface area contributed by atoms with Crippen molar-refractivity contribution in [1.82, 2.24) is 10.8 Å². The van der Waals surface area contributed by atoms with Crippen LogP contribution in [0, 0.1) is 23.7 Å². The summed E-state index contributed by atoms with van der Waals surface area (Å²) in [5.74, 6) is 9.47. The Balaban J connectivity index is 2.09. The minimum Gasteiger partial charge on any atom is -0.616 e. The van der Waals surface area contributed by atoms with E-state index in [4.69, 9.17) is 15.1 Å². The Kier molecular flexibility index (Phi) is 7.88. The van der Waals surface area contributed by atoms with Crippen LogP contribution in [0.15, 0.2) is 24.3 Å². The van der Waals surface area contributed by atoms with E-state index in [0.717, 1.165) is 0 Å². The highest BCUT2D eigenvalue weighted by atomic mass is 32.2. The van der Waals surface area contributed by atoms with E-state index in [0.29, 0.717) is 12.0 Å². The van der Waals surface area contributed by atoms with E-state index in [2.05, 4.69) is 29.0 Å². The topological polar surface area (TPSA) is 131 Å². The lowest BCUT2D eigenvalue weighted by Gasteiger charge is -2.44. The zero-order valence-corrected chi connectivity index (χ0v) is 16.0. The third kappa shape index (κ3) is 5.26. The van der Waals surface area contributed by atoms with Crippen LogP contribution in [0.4, 0.5) is 0 Å². The van der Waals surface area contributed by atoms with Gasteiger partial charge in [-0.1, -0.05) is 11.8 Å². The summed E-state index contributed by atoms with van der Waals surface area (Å²) in [6, 6.07) is 5.12. The van der Waals surface area contributed by atoms with E-state index in [1.54, 1.807) is 12.1 Å². The molecule has 0 bridgehead atoms. The number of aliphatic hydroxyl groups is 1. The number of ether oxygens (including phenoxy) is 1. The largest absolute Gasteiger partial charge is 0.616 e. The highest BCUT2D eigenvalue weighted by molar-refractivity contribution is 7.93. The first-order valence-electron chi connectivity index (χ1n) is 8.30. The molecule has 1 aliphatic heterocycles. The molecule has 0 unspecified atom stereocenters. The van der Waals surface area contributed by atoms with Crippen LogP contribution in [0.1, 0.15) is 22.3 Å². The van der Waals surface area contributed by atoms with Crippen molar-refractivity contribution >= 4 is 23.0 Å². The molecule has 0 radical (unpaired) electrons. The van der Waals surface area contributed by atoms with Crippen molar-refractivity contribution in [2.24, 2.45) is 0 Å². The number of methoxy groups -OCH3 is 1. The normalized spacial score (nSPS) is 21.1. The first kappa shape index (κ1) is 21.8. The average Bonchev–Trinajstić information content (AvgIpc) is 2.69. The maximum atomic E-state index is 12.5. The Morgan fingerprint density at radius 2 is 2.00 bits per heavy atom. The fourth-order valence-electron chi connectivity index (χ4n) is 2.59. The maximum Gasteiger partial charge on any atom is 0.269 e. The van der Waals surface area contributed by atoms with Gasteiger partial charge in [-0.3, -0.25) is 14.8 Å². The SMILES string of the molecule is CO[C@]1([C@H](NC(=O)c2ccc(C#CC#CCCO)cc2)C(=O)NO)C[S@+]([O-])C1. The molecule has 1 heterocycles. The number of nitrogens with one attached hydrogen (secondary N) is 2. The van der Waals surface area contributed by atoms with Crippen LogP contribution in [-0.4, -0.2) is 63.5 Å². The monoisotopic (exact) mass is 404 g/mol. The molecule has 0 aromatic heterocycles. The Labute approximate surface area is 165 Å². The van der Waals surface area contributed by atoms with Gasteiger partial charge in [0.2, 0.25) is 0 Å². The molecule has 148 valence electrons. The summed E-state index contributed by atoms with van der Waals surface area (Å²) in [5, 5.41) is 20.1. The third-order valence-electron chi connectivity index (χ3n) is 4.13. The van der Waals surface area contributed by atoms with Gasteiger partial charge in [0.1, 0.15) is 17.5 Å². The lowest BCUT2D eigenvalue weighted by molar-refractivity contribution is -0.138. The fraction of sp³-hybridized carbons (Fsp3) is 0.368. The van der Waals surface area contributed by atoms with Gasteiger partial charge >= 0.3 is 0 Å². The molecule has 28 heavy (non-hydrogen) atoms. The number of carbonyl (C=O) groups is 2. The second-order valence-electron chi connectivity index (χ2n) is 5.98. The number of amides is 2. The van der Waals surface area contributed by atoms with Gasteiger partial charge in [0.15, 0.2) is 5.60 Å². The number of aliphatic hydroxyl groups excluding tert-OH is 1. The molecule has 0 aliphatic carbocycles. The lowest BCUT2D eigenvalue weighted by Crippen LogP contribution is -2.71. The highest BCUT2D eigenvalue weighted by Crippen LogP contribution is 2.31. The van der Waals surface area contributed by atoms with Gasteiger partial charge in [0.05, 0.1) is 6.61 Å². The maximum absolute atomic E-state index is 12.5. The zero-order valence-electron chi connectivity index (χ0n) is 15.2. The summed E-state index contributed by atoms with van der Waals surface area (Å²) < 4.78 is 16.8. The van der Waals surface area contributed by atoms with Crippen LogP contribution in [-0.2, 0) is 20.7 Å². The molecule has 1 fully saturated rings. The number of hydrogen-bond donors (Lipinski definition) is 4. The van der Waals surface area contributed by atoms with Gasteiger partial charge in [0.25, 0.3) is 11.8 Å². The van der Waals surface area contributed by atoms with Crippen molar-refractivity contribution in [2.45, 2.75) is 18.1 Å². The molecule has 1 atom stereocenters. The molecule has 1 aliphatic rings. The lowest BCUT2D eigenvalue weighted by atomic mass is 9.95. The predicted molar refractivity (Wildman–Crippen MR) is 102 cm³/mol. The molecule has 9 heteroatoms. The summed E-state index contributed by atoms with van der Waals surface area (Å²) in [5.41, 5.74) is 1.30. The number of hydrogen-bond acceptors (Lipinski definition) is 6. The van der Waals surface area contributed by atoms with Crippen LogP contribution in [0.5, 0.6) is 0 Å². The van der Waals surface area contributed by atoms with Gasteiger partial charge in [-0.25, -0.2) is 5.48 Å². The molecule has 1 saturated heterocycles. The molecule has 2 rings (SSSR count). The minimum absolute atomic E-state index is 0.0198. The third-order valence-corrected chi connectivity index (χ3v) is 5.75. The van der Waals surface area contributed by atoms with Crippen molar-refractivity contribution in [2.75, 3.05) is 25.2 Å². The van der Waals surface area contributed by atoms with Crippen LogP contribution < -0.4 is 10.8 Å². The van der Waals surface area contributed by atoms with Crippen LogP contribution in [0.25, 0.3) is 0 Å². The standard InChI is InChI=1S/C19H20N2O6S/c1-27-19(12-28(26)13-19)16(18(24)21-25)20-17(23)15-9-7-14(8-10-15)6-4-2-3-5-11-22/h7-10,16,22,25H,5,11-13H2,1H3,(H,20,23)(H,21,24)/t16-,19-,28+/m1/s1. The summed E-state index contributed by atoms with van der Waals surface area (Å²) in [4.78, 5) is 24.5. The molecule has 1 aromatic carbocycles. The Hall–Kier alpha value is -2.53. The van der Waals surface area contributed by atoms with Crippen molar-refractivity contribution in [3.05, 3.63) is 35.4 Å².